The quantitative estimate of drug-likeness (QED) is 0.665. The van der Waals surface area contributed by atoms with Crippen molar-refractivity contribution in [3.05, 3.63) is 58.7 Å². The maximum atomic E-state index is 12.3. The number of phenols is 1. The first kappa shape index (κ1) is 20.2. The van der Waals surface area contributed by atoms with E-state index in [9.17, 15) is 14.7 Å². The van der Waals surface area contributed by atoms with Crippen molar-refractivity contribution < 1.29 is 19.4 Å². The summed E-state index contributed by atoms with van der Waals surface area (Å²) in [6.07, 6.45) is 1.61. The van der Waals surface area contributed by atoms with E-state index in [-0.39, 0.29) is 17.4 Å². The number of nitrogens with one attached hydrogen (secondary N) is 2. The number of carbonyl (C=O) groups excluding carboxylic acids is 2. The van der Waals surface area contributed by atoms with Gasteiger partial charge in [-0.2, -0.15) is 4.99 Å². The second-order valence-corrected chi connectivity index (χ2v) is 6.52. The summed E-state index contributed by atoms with van der Waals surface area (Å²) >= 11 is 5.89. The summed E-state index contributed by atoms with van der Waals surface area (Å²) in [7, 11) is 1.61. The molecule has 29 heavy (non-hydrogen) atoms. The third-order valence-electron chi connectivity index (χ3n) is 4.01. The molecule has 1 saturated heterocycles. The average Bonchev–Trinajstić information content (AvgIpc) is 2.92. The number of carbonyl (C=O) groups is 2. The maximum Gasteiger partial charge on any atom is 0.348 e. The van der Waals surface area contributed by atoms with E-state index in [2.05, 4.69) is 15.6 Å². The topological polar surface area (TPSA) is 103 Å². The predicted octanol–water partition coefficient (Wildman–Crippen LogP) is 3.43. The molecule has 3 N–H and O–H groups in total. The summed E-state index contributed by atoms with van der Waals surface area (Å²) in [6.45, 7) is 2.20. The van der Waals surface area contributed by atoms with Gasteiger partial charge in [0.2, 0.25) is 5.96 Å². The number of nitrogens with zero attached hydrogens (tertiary/aromatic N) is 2. The Kier molecular flexibility index (Phi) is 6.04. The summed E-state index contributed by atoms with van der Waals surface area (Å²) in [5.74, 6) is 0.00768. The molecule has 9 heteroatoms. The lowest BCUT2D eigenvalue weighted by molar-refractivity contribution is -0.115. The second kappa shape index (κ2) is 8.66. The van der Waals surface area contributed by atoms with Crippen molar-refractivity contribution in [2.75, 3.05) is 19.0 Å². The highest BCUT2D eigenvalue weighted by Crippen LogP contribution is 2.28. The molecule has 1 aliphatic rings. The summed E-state index contributed by atoms with van der Waals surface area (Å²) in [4.78, 5) is 29.9. The Hall–Kier alpha value is -3.52. The lowest BCUT2D eigenvalue weighted by Crippen LogP contribution is -2.29. The summed E-state index contributed by atoms with van der Waals surface area (Å²) in [5.41, 5.74) is 1.42. The number of phenolic OH excluding ortho intramolecular Hbond substituents is 1. The molecule has 0 bridgehead atoms. The van der Waals surface area contributed by atoms with Crippen molar-refractivity contribution >= 4 is 41.3 Å². The lowest BCUT2D eigenvalue weighted by Gasteiger charge is -2.11. The normalized spacial score (nSPS) is 16.2. The highest BCUT2D eigenvalue weighted by Gasteiger charge is 2.29. The van der Waals surface area contributed by atoms with Crippen LogP contribution in [-0.4, -0.2) is 41.6 Å². The molecule has 0 spiro atoms. The number of guanidine groups is 1. The van der Waals surface area contributed by atoms with Crippen LogP contribution in [0.25, 0.3) is 6.08 Å². The number of halogens is 1. The number of urea groups is 1. The molecule has 2 aromatic rings. The van der Waals surface area contributed by atoms with Crippen LogP contribution in [0.4, 0.5) is 10.5 Å². The van der Waals surface area contributed by atoms with Crippen molar-refractivity contribution in [3.63, 3.8) is 0 Å². The van der Waals surface area contributed by atoms with Gasteiger partial charge >= 0.3 is 6.03 Å². The number of hydrogen-bond donors (Lipinski definition) is 3. The van der Waals surface area contributed by atoms with Crippen molar-refractivity contribution in [3.8, 4) is 11.5 Å². The van der Waals surface area contributed by atoms with Crippen LogP contribution in [0, 0.1) is 0 Å². The van der Waals surface area contributed by atoms with Crippen LogP contribution in [0.15, 0.2) is 53.2 Å². The molecule has 0 aromatic heterocycles. The van der Waals surface area contributed by atoms with Crippen LogP contribution in [0.5, 0.6) is 11.5 Å². The minimum Gasteiger partial charge on any atom is -0.504 e. The number of anilines is 1. The van der Waals surface area contributed by atoms with Gasteiger partial charge in [-0.3, -0.25) is 10.1 Å². The molecule has 3 rings (SSSR count). The van der Waals surface area contributed by atoms with E-state index >= 15 is 0 Å². The largest absolute Gasteiger partial charge is 0.504 e. The standard InChI is InChI=1S/C20H19ClN4O4/c1-3-29-17-10-12(7-8-16(17)26)9-15-18(27)23-19(25(15)2)24-20(28)22-14-6-4-5-13(21)11-14/h4-11,26H,3H2,1-2H3,(H2,22,23,24,27,28)/b15-9-. The van der Waals surface area contributed by atoms with E-state index in [1.807, 2.05) is 0 Å². The van der Waals surface area contributed by atoms with E-state index < -0.39 is 11.9 Å². The van der Waals surface area contributed by atoms with Gasteiger partial charge in [0.05, 0.1) is 6.61 Å². The van der Waals surface area contributed by atoms with Gasteiger partial charge < -0.3 is 20.1 Å². The summed E-state index contributed by atoms with van der Waals surface area (Å²) in [5, 5.41) is 15.4. The number of rotatable bonds is 4. The van der Waals surface area contributed by atoms with Gasteiger partial charge in [0, 0.05) is 17.8 Å². The molecule has 2 aromatic carbocycles. The van der Waals surface area contributed by atoms with E-state index in [0.29, 0.717) is 28.6 Å². The molecule has 0 atom stereocenters. The number of benzene rings is 2. The summed E-state index contributed by atoms with van der Waals surface area (Å²) in [6, 6.07) is 10.7. The molecule has 3 amide bonds. The Morgan fingerprint density at radius 2 is 2.14 bits per heavy atom. The molecule has 8 nitrogen and oxygen atoms in total. The summed E-state index contributed by atoms with van der Waals surface area (Å²) < 4.78 is 5.35. The van der Waals surface area contributed by atoms with Gasteiger partial charge in [-0.05, 0) is 48.9 Å². The van der Waals surface area contributed by atoms with Crippen LogP contribution in [0.1, 0.15) is 12.5 Å². The van der Waals surface area contributed by atoms with Crippen LogP contribution in [-0.2, 0) is 4.79 Å². The maximum absolute atomic E-state index is 12.3. The number of ether oxygens (including phenoxy) is 1. The van der Waals surface area contributed by atoms with Crippen molar-refractivity contribution in [1.29, 1.82) is 0 Å². The molecule has 0 radical (unpaired) electrons. The Balaban J connectivity index is 1.79. The third-order valence-corrected chi connectivity index (χ3v) is 4.24. The molecular weight excluding hydrogens is 396 g/mol. The van der Waals surface area contributed by atoms with Crippen molar-refractivity contribution in [1.82, 2.24) is 10.2 Å². The lowest BCUT2D eigenvalue weighted by atomic mass is 10.1. The Morgan fingerprint density at radius 1 is 1.34 bits per heavy atom. The minimum absolute atomic E-state index is 0.0122. The first-order chi connectivity index (χ1) is 13.9. The molecule has 1 aliphatic heterocycles. The first-order valence-corrected chi connectivity index (χ1v) is 9.13. The molecular formula is C20H19ClN4O4. The van der Waals surface area contributed by atoms with Crippen molar-refractivity contribution in [2.24, 2.45) is 4.99 Å². The van der Waals surface area contributed by atoms with Gasteiger partial charge in [0.1, 0.15) is 5.70 Å². The van der Waals surface area contributed by atoms with Gasteiger partial charge in [0.15, 0.2) is 11.5 Å². The highest BCUT2D eigenvalue weighted by atomic mass is 35.5. The molecule has 1 heterocycles. The number of aliphatic imine (C=N–C) groups is 1. The Labute approximate surface area is 172 Å². The second-order valence-electron chi connectivity index (χ2n) is 6.08. The van der Waals surface area contributed by atoms with E-state index in [1.165, 1.54) is 11.0 Å². The monoisotopic (exact) mass is 414 g/mol. The Bertz CT molecular complexity index is 1020. The number of aromatic hydroxyl groups is 1. The van der Waals surface area contributed by atoms with Crippen LogP contribution < -0.4 is 15.4 Å². The third kappa shape index (κ3) is 4.85. The molecule has 0 saturated carbocycles. The molecule has 0 unspecified atom stereocenters. The number of likely N-dealkylation sites (N-methyl/N-ethyl adjacent to an activating group) is 1. The molecule has 0 aliphatic carbocycles. The van der Waals surface area contributed by atoms with Crippen LogP contribution >= 0.6 is 11.6 Å². The molecule has 1 fully saturated rings. The number of hydrogen-bond acceptors (Lipinski definition) is 4. The smallest absolute Gasteiger partial charge is 0.348 e. The van der Waals surface area contributed by atoms with Gasteiger partial charge in [0.25, 0.3) is 5.91 Å². The van der Waals surface area contributed by atoms with E-state index in [1.54, 1.807) is 56.4 Å². The van der Waals surface area contributed by atoms with Gasteiger partial charge in [-0.25, -0.2) is 4.79 Å². The van der Waals surface area contributed by atoms with Gasteiger partial charge in [-0.1, -0.05) is 23.7 Å². The average molecular weight is 415 g/mol. The zero-order valence-corrected chi connectivity index (χ0v) is 16.5. The predicted molar refractivity (Wildman–Crippen MR) is 111 cm³/mol. The van der Waals surface area contributed by atoms with Gasteiger partial charge in [-0.15, -0.1) is 0 Å². The first-order valence-electron chi connectivity index (χ1n) is 8.75. The fraction of sp³-hybridized carbons (Fsp3) is 0.150. The molecule has 150 valence electrons. The van der Waals surface area contributed by atoms with Crippen LogP contribution in [0.2, 0.25) is 5.02 Å². The highest BCUT2D eigenvalue weighted by molar-refractivity contribution is 6.30. The minimum atomic E-state index is -0.654. The fourth-order valence-corrected chi connectivity index (χ4v) is 2.83. The fourth-order valence-electron chi connectivity index (χ4n) is 2.64. The SMILES string of the molecule is CCOc1cc(/C=C2/C(=O)N/C(=N/C(=O)Nc3cccc(Cl)c3)N2C)ccc1O. The zero-order chi connectivity index (χ0) is 21.0. The van der Waals surface area contributed by atoms with Crippen LogP contribution in [0.3, 0.4) is 0 Å². The Morgan fingerprint density at radius 3 is 2.86 bits per heavy atom. The number of amides is 3. The zero-order valence-electron chi connectivity index (χ0n) is 15.8. The van der Waals surface area contributed by atoms with Crippen molar-refractivity contribution in [2.45, 2.75) is 6.92 Å². The van der Waals surface area contributed by atoms with E-state index in [4.69, 9.17) is 16.3 Å². The van der Waals surface area contributed by atoms with E-state index in [0.717, 1.165) is 0 Å².